The van der Waals surface area contributed by atoms with Crippen LogP contribution in [0.25, 0.3) is 11.5 Å². The van der Waals surface area contributed by atoms with Gasteiger partial charge < -0.3 is 9.32 Å². The molecule has 0 saturated carbocycles. The van der Waals surface area contributed by atoms with Gasteiger partial charge in [0.2, 0.25) is 11.8 Å². The lowest BCUT2D eigenvalue weighted by molar-refractivity contribution is -0.130. The summed E-state index contributed by atoms with van der Waals surface area (Å²) in [7, 11) is -3.04. The van der Waals surface area contributed by atoms with Crippen molar-refractivity contribution in [3.05, 3.63) is 29.3 Å². The minimum absolute atomic E-state index is 0.0463. The van der Waals surface area contributed by atoms with E-state index in [1.165, 1.54) is 0 Å². The number of nitrogens with zero attached hydrogens (tertiary/aromatic N) is 3. The molecule has 1 amide bonds. The zero-order valence-corrected chi connectivity index (χ0v) is 17.2. The molecule has 1 aliphatic rings. The highest BCUT2D eigenvalue weighted by atomic mass is 35.5. The van der Waals surface area contributed by atoms with Gasteiger partial charge in [-0.05, 0) is 37.1 Å². The third kappa shape index (κ3) is 5.24. The lowest BCUT2D eigenvalue weighted by Crippen LogP contribution is -2.42. The van der Waals surface area contributed by atoms with Gasteiger partial charge in [-0.25, -0.2) is 8.42 Å². The van der Waals surface area contributed by atoms with Crippen LogP contribution < -0.4 is 0 Å². The van der Waals surface area contributed by atoms with Crippen LogP contribution in [0.3, 0.4) is 0 Å². The van der Waals surface area contributed by atoms with Gasteiger partial charge in [0.25, 0.3) is 5.22 Å². The van der Waals surface area contributed by atoms with Crippen molar-refractivity contribution < 1.29 is 17.6 Å². The van der Waals surface area contributed by atoms with Crippen molar-refractivity contribution in [2.24, 2.45) is 0 Å². The summed E-state index contributed by atoms with van der Waals surface area (Å²) in [6.07, 6.45) is 1.27. The molecule has 0 radical (unpaired) electrons. The number of benzene rings is 1. The van der Waals surface area contributed by atoms with E-state index in [0.29, 0.717) is 29.1 Å². The van der Waals surface area contributed by atoms with E-state index in [0.717, 1.165) is 23.7 Å². The van der Waals surface area contributed by atoms with Gasteiger partial charge in [0, 0.05) is 23.2 Å². The van der Waals surface area contributed by atoms with Gasteiger partial charge in [-0.15, -0.1) is 10.2 Å². The predicted molar refractivity (Wildman–Crippen MR) is 105 cm³/mol. The Hall–Kier alpha value is -1.58. The van der Waals surface area contributed by atoms with Crippen molar-refractivity contribution in [3.63, 3.8) is 0 Å². The molecular formula is C17H20ClN3O4S2. The van der Waals surface area contributed by atoms with Crippen molar-refractivity contribution in [2.45, 2.75) is 31.0 Å². The lowest BCUT2D eigenvalue weighted by atomic mass is 10.2. The fourth-order valence-electron chi connectivity index (χ4n) is 2.96. The van der Waals surface area contributed by atoms with Crippen LogP contribution in [0.5, 0.6) is 0 Å². The van der Waals surface area contributed by atoms with E-state index in [-0.39, 0.29) is 29.2 Å². The van der Waals surface area contributed by atoms with Gasteiger partial charge in [0.15, 0.2) is 9.84 Å². The molecule has 1 atom stereocenters. The van der Waals surface area contributed by atoms with E-state index in [1.54, 1.807) is 29.2 Å². The van der Waals surface area contributed by atoms with Gasteiger partial charge >= 0.3 is 0 Å². The van der Waals surface area contributed by atoms with E-state index in [1.807, 2.05) is 6.92 Å². The SMILES string of the molecule is CCCN(C(=O)CSc1nnc(-c2ccc(Cl)cc2)o1)C1CCS(=O)(=O)C1. The molecule has 2 heterocycles. The van der Waals surface area contributed by atoms with Crippen LogP contribution in [0.2, 0.25) is 5.02 Å². The number of halogens is 1. The third-order valence-electron chi connectivity index (χ3n) is 4.25. The number of thioether (sulfide) groups is 1. The first-order valence-electron chi connectivity index (χ1n) is 8.60. The first kappa shape index (κ1) is 20.2. The van der Waals surface area contributed by atoms with E-state index in [2.05, 4.69) is 10.2 Å². The molecule has 1 aromatic carbocycles. The Morgan fingerprint density at radius 1 is 1.33 bits per heavy atom. The second-order valence-corrected chi connectivity index (χ2v) is 9.90. The average Bonchev–Trinajstić information content (AvgIpc) is 3.24. The fourth-order valence-corrected chi connectivity index (χ4v) is 5.46. The van der Waals surface area contributed by atoms with Gasteiger partial charge in [0.05, 0.1) is 17.3 Å². The molecule has 1 aliphatic heterocycles. The summed E-state index contributed by atoms with van der Waals surface area (Å²) < 4.78 is 29.0. The summed E-state index contributed by atoms with van der Waals surface area (Å²) in [6.45, 7) is 2.51. The van der Waals surface area contributed by atoms with Crippen LogP contribution >= 0.6 is 23.4 Å². The highest BCUT2D eigenvalue weighted by Gasteiger charge is 2.34. The maximum Gasteiger partial charge on any atom is 0.277 e. The molecular weight excluding hydrogens is 410 g/mol. The molecule has 1 unspecified atom stereocenters. The second-order valence-electron chi connectivity index (χ2n) is 6.31. The zero-order chi connectivity index (χ0) is 19.4. The second kappa shape index (κ2) is 8.62. The summed E-state index contributed by atoms with van der Waals surface area (Å²) in [5.74, 6) is 0.555. The van der Waals surface area contributed by atoms with Crippen LogP contribution in [-0.4, -0.2) is 59.3 Å². The topological polar surface area (TPSA) is 93.4 Å². The van der Waals surface area contributed by atoms with E-state index < -0.39 is 9.84 Å². The minimum Gasteiger partial charge on any atom is -0.411 e. The van der Waals surface area contributed by atoms with Crippen molar-refractivity contribution in [3.8, 4) is 11.5 Å². The van der Waals surface area contributed by atoms with Crippen LogP contribution in [0.4, 0.5) is 0 Å². The quantitative estimate of drug-likeness (QED) is 0.624. The highest BCUT2D eigenvalue weighted by Crippen LogP contribution is 2.25. The number of hydrogen-bond acceptors (Lipinski definition) is 7. The monoisotopic (exact) mass is 429 g/mol. The predicted octanol–water partition coefficient (Wildman–Crippen LogP) is 2.91. The molecule has 7 nitrogen and oxygen atoms in total. The minimum atomic E-state index is -3.04. The molecule has 10 heteroatoms. The van der Waals surface area contributed by atoms with Crippen molar-refractivity contribution in [1.82, 2.24) is 15.1 Å². The fraction of sp³-hybridized carbons (Fsp3) is 0.471. The Kier molecular flexibility index (Phi) is 6.44. The Bertz CT molecular complexity index is 899. The number of hydrogen-bond donors (Lipinski definition) is 0. The molecule has 1 saturated heterocycles. The Morgan fingerprint density at radius 2 is 2.07 bits per heavy atom. The van der Waals surface area contributed by atoms with E-state index in [9.17, 15) is 13.2 Å². The molecule has 3 rings (SSSR count). The number of rotatable bonds is 7. The maximum atomic E-state index is 12.6. The smallest absolute Gasteiger partial charge is 0.277 e. The Labute approximate surface area is 167 Å². The van der Waals surface area contributed by atoms with Crippen LogP contribution in [-0.2, 0) is 14.6 Å². The van der Waals surface area contributed by atoms with E-state index >= 15 is 0 Å². The number of carbonyl (C=O) groups excluding carboxylic acids is 1. The van der Waals surface area contributed by atoms with Crippen molar-refractivity contribution in [2.75, 3.05) is 23.8 Å². The Balaban J connectivity index is 1.61. The van der Waals surface area contributed by atoms with Crippen LogP contribution in [0, 0.1) is 0 Å². The molecule has 2 aromatic rings. The number of amides is 1. The standard InChI is InChI=1S/C17H20ClN3O4S2/c1-2-8-21(14-7-9-27(23,24)11-14)15(22)10-26-17-20-19-16(25-17)12-3-5-13(18)6-4-12/h3-6,14H,2,7-11H2,1H3. The molecule has 0 aliphatic carbocycles. The summed E-state index contributed by atoms with van der Waals surface area (Å²) in [4.78, 5) is 14.3. The first-order chi connectivity index (χ1) is 12.9. The number of carbonyl (C=O) groups is 1. The van der Waals surface area contributed by atoms with Crippen molar-refractivity contribution >= 4 is 39.1 Å². The molecule has 27 heavy (non-hydrogen) atoms. The van der Waals surface area contributed by atoms with Crippen LogP contribution in [0.1, 0.15) is 19.8 Å². The summed E-state index contributed by atoms with van der Waals surface area (Å²) >= 11 is 7.02. The maximum absolute atomic E-state index is 12.6. The number of aromatic nitrogens is 2. The molecule has 1 aromatic heterocycles. The molecule has 0 bridgehead atoms. The molecule has 1 fully saturated rings. The molecule has 0 spiro atoms. The lowest BCUT2D eigenvalue weighted by Gasteiger charge is -2.27. The van der Waals surface area contributed by atoms with E-state index in [4.69, 9.17) is 16.0 Å². The summed E-state index contributed by atoms with van der Waals surface area (Å²) in [5, 5.41) is 8.86. The number of sulfone groups is 1. The molecule has 146 valence electrons. The van der Waals surface area contributed by atoms with Gasteiger partial charge in [-0.3, -0.25) is 4.79 Å². The normalized spacial score (nSPS) is 18.5. The van der Waals surface area contributed by atoms with Gasteiger partial charge in [-0.1, -0.05) is 30.3 Å². The largest absolute Gasteiger partial charge is 0.411 e. The van der Waals surface area contributed by atoms with Crippen molar-refractivity contribution in [1.29, 1.82) is 0 Å². The highest BCUT2D eigenvalue weighted by molar-refractivity contribution is 7.99. The van der Waals surface area contributed by atoms with Gasteiger partial charge in [0.1, 0.15) is 0 Å². The average molecular weight is 430 g/mol. The van der Waals surface area contributed by atoms with Crippen LogP contribution in [0.15, 0.2) is 33.9 Å². The summed E-state index contributed by atoms with van der Waals surface area (Å²) in [6, 6.07) is 6.78. The zero-order valence-electron chi connectivity index (χ0n) is 14.8. The summed E-state index contributed by atoms with van der Waals surface area (Å²) in [5.41, 5.74) is 0.744. The third-order valence-corrected chi connectivity index (χ3v) is 7.06. The van der Waals surface area contributed by atoms with Gasteiger partial charge in [-0.2, -0.15) is 0 Å². The first-order valence-corrected chi connectivity index (χ1v) is 11.8. The Morgan fingerprint density at radius 3 is 2.70 bits per heavy atom. The molecule has 0 N–H and O–H groups in total.